The number of carbonyl (C=O) groups is 1. The molecule has 2 aromatic rings. The van der Waals surface area contributed by atoms with E-state index in [4.69, 9.17) is 11.6 Å². The van der Waals surface area contributed by atoms with Crippen LogP contribution < -0.4 is 0 Å². The van der Waals surface area contributed by atoms with Gasteiger partial charge in [0, 0.05) is 11.2 Å². The zero-order valence-corrected chi connectivity index (χ0v) is 12.0. The number of hydrogen-bond donors (Lipinski definition) is 1. The van der Waals surface area contributed by atoms with E-state index in [0.717, 1.165) is 17.7 Å². The van der Waals surface area contributed by atoms with Crippen LogP contribution in [-0.2, 0) is 11.3 Å². The number of rotatable bonds is 6. The molecule has 4 nitrogen and oxygen atoms in total. The van der Waals surface area contributed by atoms with Crippen molar-refractivity contribution < 1.29 is 9.90 Å². The fourth-order valence-corrected chi connectivity index (χ4v) is 2.45. The summed E-state index contributed by atoms with van der Waals surface area (Å²) in [6.45, 7) is 2.51. The fraction of sp³-hybridized carbons (Fsp3) is 0.333. The van der Waals surface area contributed by atoms with Crippen molar-refractivity contribution in [3.63, 3.8) is 0 Å². The highest BCUT2D eigenvalue weighted by molar-refractivity contribution is 6.31. The average molecular weight is 293 g/mol. The van der Waals surface area contributed by atoms with Crippen molar-refractivity contribution in [2.24, 2.45) is 0 Å². The molecule has 0 saturated carbocycles. The van der Waals surface area contributed by atoms with Gasteiger partial charge in [-0.2, -0.15) is 0 Å². The molecule has 0 spiro atoms. The summed E-state index contributed by atoms with van der Waals surface area (Å²) in [5, 5.41) is 10.0. The molecule has 2 rings (SSSR count). The van der Waals surface area contributed by atoms with Gasteiger partial charge < -0.3 is 9.67 Å². The Labute approximate surface area is 123 Å². The van der Waals surface area contributed by atoms with Crippen molar-refractivity contribution in [3.05, 3.63) is 53.1 Å². The van der Waals surface area contributed by atoms with Crippen LogP contribution in [0.5, 0.6) is 0 Å². The SMILES string of the molecule is CCCC(C(=O)O)c1cncn1Cc1ccccc1Cl. The van der Waals surface area contributed by atoms with E-state index in [2.05, 4.69) is 4.98 Å². The van der Waals surface area contributed by atoms with Gasteiger partial charge in [0.2, 0.25) is 0 Å². The average Bonchev–Trinajstić information content (AvgIpc) is 2.86. The summed E-state index contributed by atoms with van der Waals surface area (Å²) >= 11 is 6.15. The molecular formula is C15H17ClN2O2. The minimum absolute atomic E-state index is 0.523. The van der Waals surface area contributed by atoms with E-state index in [1.165, 1.54) is 0 Å². The van der Waals surface area contributed by atoms with Gasteiger partial charge in [0.1, 0.15) is 0 Å². The summed E-state index contributed by atoms with van der Waals surface area (Å²) in [5.74, 6) is -1.34. The van der Waals surface area contributed by atoms with Crippen LogP contribution in [0.1, 0.15) is 36.9 Å². The lowest BCUT2D eigenvalue weighted by Gasteiger charge is -2.15. The largest absolute Gasteiger partial charge is 0.481 e. The first-order valence-corrected chi connectivity index (χ1v) is 6.97. The lowest BCUT2D eigenvalue weighted by molar-refractivity contribution is -0.139. The van der Waals surface area contributed by atoms with Gasteiger partial charge in [-0.1, -0.05) is 43.1 Å². The van der Waals surface area contributed by atoms with Crippen LogP contribution in [0.25, 0.3) is 0 Å². The molecule has 0 bridgehead atoms. The van der Waals surface area contributed by atoms with Crippen LogP contribution in [-0.4, -0.2) is 20.6 Å². The van der Waals surface area contributed by atoms with Crippen LogP contribution in [0.4, 0.5) is 0 Å². The van der Waals surface area contributed by atoms with Crippen LogP contribution in [0, 0.1) is 0 Å². The zero-order valence-electron chi connectivity index (χ0n) is 11.3. The lowest BCUT2D eigenvalue weighted by Crippen LogP contribution is -2.16. The van der Waals surface area contributed by atoms with Gasteiger partial charge in [0.25, 0.3) is 0 Å². The highest BCUT2D eigenvalue weighted by Crippen LogP contribution is 2.23. The number of carboxylic acid groups (broad SMARTS) is 1. The van der Waals surface area contributed by atoms with Crippen LogP contribution in [0.15, 0.2) is 36.8 Å². The molecule has 0 aliphatic carbocycles. The predicted molar refractivity (Wildman–Crippen MR) is 78.1 cm³/mol. The topological polar surface area (TPSA) is 55.1 Å². The maximum Gasteiger partial charge on any atom is 0.312 e. The van der Waals surface area contributed by atoms with E-state index in [1.54, 1.807) is 12.5 Å². The van der Waals surface area contributed by atoms with Crippen molar-refractivity contribution in [1.29, 1.82) is 0 Å². The van der Waals surface area contributed by atoms with Gasteiger partial charge in [-0.15, -0.1) is 0 Å². The molecule has 1 aromatic heterocycles. The highest BCUT2D eigenvalue weighted by Gasteiger charge is 2.22. The zero-order chi connectivity index (χ0) is 14.5. The summed E-state index contributed by atoms with van der Waals surface area (Å²) in [5.41, 5.74) is 1.67. The molecule has 1 unspecified atom stereocenters. The Morgan fingerprint density at radius 3 is 2.85 bits per heavy atom. The van der Waals surface area contributed by atoms with E-state index < -0.39 is 11.9 Å². The Hall–Kier alpha value is -1.81. The number of benzene rings is 1. The van der Waals surface area contributed by atoms with Crippen molar-refractivity contribution in [3.8, 4) is 0 Å². The number of halogens is 1. The molecule has 0 radical (unpaired) electrons. The molecule has 0 fully saturated rings. The molecule has 0 amide bonds. The van der Waals surface area contributed by atoms with Crippen molar-refractivity contribution >= 4 is 17.6 Å². The first-order chi connectivity index (χ1) is 9.63. The monoisotopic (exact) mass is 292 g/mol. The normalized spacial score (nSPS) is 12.3. The highest BCUT2D eigenvalue weighted by atomic mass is 35.5. The molecule has 0 saturated heterocycles. The molecule has 1 N–H and O–H groups in total. The number of hydrogen-bond acceptors (Lipinski definition) is 2. The Bertz CT molecular complexity index is 595. The maximum atomic E-state index is 11.4. The van der Waals surface area contributed by atoms with Gasteiger partial charge in [-0.3, -0.25) is 4.79 Å². The molecule has 5 heteroatoms. The van der Waals surface area contributed by atoms with Crippen LogP contribution >= 0.6 is 11.6 Å². The van der Waals surface area contributed by atoms with Gasteiger partial charge >= 0.3 is 5.97 Å². The summed E-state index contributed by atoms with van der Waals surface area (Å²) in [4.78, 5) is 15.5. The van der Waals surface area contributed by atoms with Crippen LogP contribution in [0.2, 0.25) is 5.02 Å². The Balaban J connectivity index is 2.28. The molecule has 20 heavy (non-hydrogen) atoms. The van der Waals surface area contributed by atoms with E-state index in [0.29, 0.717) is 18.0 Å². The summed E-state index contributed by atoms with van der Waals surface area (Å²) in [6, 6.07) is 7.55. The number of imidazole rings is 1. The number of aromatic nitrogens is 2. The third kappa shape index (κ3) is 3.20. The molecule has 106 valence electrons. The maximum absolute atomic E-state index is 11.4. The predicted octanol–water partition coefficient (Wildman–Crippen LogP) is 3.55. The van der Waals surface area contributed by atoms with E-state index in [-0.39, 0.29) is 0 Å². The second kappa shape index (κ2) is 6.57. The summed E-state index contributed by atoms with van der Waals surface area (Å²) in [6.07, 6.45) is 4.70. The van der Waals surface area contributed by atoms with Crippen molar-refractivity contribution in [2.45, 2.75) is 32.2 Å². The third-order valence-electron chi connectivity index (χ3n) is 3.28. The minimum Gasteiger partial charge on any atom is -0.481 e. The van der Waals surface area contributed by atoms with E-state index in [9.17, 15) is 9.90 Å². The summed E-state index contributed by atoms with van der Waals surface area (Å²) < 4.78 is 1.86. The smallest absolute Gasteiger partial charge is 0.312 e. The molecule has 1 atom stereocenters. The van der Waals surface area contributed by atoms with Gasteiger partial charge in [0.15, 0.2) is 0 Å². The second-order valence-electron chi connectivity index (χ2n) is 4.72. The quantitative estimate of drug-likeness (QED) is 0.886. The standard InChI is InChI=1S/C15H17ClN2O2/c1-2-5-12(15(19)20)14-8-17-10-18(14)9-11-6-3-4-7-13(11)16/h3-4,6-8,10,12H,2,5,9H2,1H3,(H,19,20). The first kappa shape index (κ1) is 14.6. The van der Waals surface area contributed by atoms with Gasteiger partial charge in [-0.25, -0.2) is 4.98 Å². The number of nitrogens with zero attached hydrogens (tertiary/aromatic N) is 2. The third-order valence-corrected chi connectivity index (χ3v) is 3.64. The lowest BCUT2D eigenvalue weighted by atomic mass is 10.0. The minimum atomic E-state index is -0.812. The van der Waals surface area contributed by atoms with Crippen LogP contribution in [0.3, 0.4) is 0 Å². The molecule has 1 heterocycles. The van der Waals surface area contributed by atoms with E-state index >= 15 is 0 Å². The Morgan fingerprint density at radius 2 is 2.20 bits per heavy atom. The molecular weight excluding hydrogens is 276 g/mol. The molecule has 0 aliphatic rings. The molecule has 1 aromatic carbocycles. The van der Waals surface area contributed by atoms with Gasteiger partial charge in [0.05, 0.1) is 24.5 Å². The summed E-state index contributed by atoms with van der Waals surface area (Å²) in [7, 11) is 0. The van der Waals surface area contributed by atoms with Gasteiger partial charge in [-0.05, 0) is 18.1 Å². The van der Waals surface area contributed by atoms with Crippen molar-refractivity contribution in [1.82, 2.24) is 9.55 Å². The van der Waals surface area contributed by atoms with Crippen molar-refractivity contribution in [2.75, 3.05) is 0 Å². The fourth-order valence-electron chi connectivity index (χ4n) is 2.25. The Kier molecular flexibility index (Phi) is 4.79. The van der Waals surface area contributed by atoms with E-state index in [1.807, 2.05) is 35.8 Å². The number of aliphatic carboxylic acids is 1. The second-order valence-corrected chi connectivity index (χ2v) is 5.12. The molecule has 0 aliphatic heterocycles. The number of carboxylic acids is 1. The Morgan fingerprint density at radius 1 is 1.45 bits per heavy atom. The first-order valence-electron chi connectivity index (χ1n) is 6.59.